The number of pyridine rings is 1. The molecule has 0 radical (unpaired) electrons. The summed E-state index contributed by atoms with van der Waals surface area (Å²) < 4.78 is 83.3. The number of carbonyl (C=O) groups is 1. The van der Waals surface area contributed by atoms with Gasteiger partial charge in [0, 0.05) is 35.0 Å². The predicted molar refractivity (Wildman–Crippen MR) is 192 cm³/mol. The normalized spacial score (nSPS) is 16.4. The molecule has 2 atom stereocenters. The number of hydrogen-bond donors (Lipinski definition) is 2. The average Bonchev–Trinajstić information content (AvgIpc) is 3.16. The van der Waals surface area contributed by atoms with E-state index in [0.29, 0.717) is 23.3 Å². The van der Waals surface area contributed by atoms with Crippen LogP contribution in [0, 0.1) is 0 Å². The lowest BCUT2D eigenvalue weighted by molar-refractivity contribution is -0.138. The highest BCUT2D eigenvalue weighted by Gasteiger charge is 2.36. The molecule has 6 nitrogen and oxygen atoms in total. The number of fused-ring (bicyclic) bond motifs is 2. The summed E-state index contributed by atoms with van der Waals surface area (Å²) in [7, 11) is 0. The molecule has 53 heavy (non-hydrogen) atoms. The zero-order chi connectivity index (χ0) is 37.3. The van der Waals surface area contributed by atoms with Crippen molar-refractivity contribution < 1.29 is 31.1 Å². The molecule has 268 valence electrons. The minimum Gasteiger partial charge on any atom is -0.334 e. The summed E-state index contributed by atoms with van der Waals surface area (Å²) in [6, 6.07) is 26.3. The number of aromatic nitrogens is 1. The number of rotatable bonds is 8. The van der Waals surface area contributed by atoms with Gasteiger partial charge in [-0.25, -0.2) is 10.4 Å². The van der Waals surface area contributed by atoms with E-state index in [1.165, 1.54) is 30.3 Å². The molecule has 0 saturated heterocycles. The predicted octanol–water partition coefficient (Wildman–Crippen LogP) is 9.15. The molecule has 1 aliphatic heterocycles. The third-order valence-corrected chi connectivity index (χ3v) is 9.08. The smallest absolute Gasteiger partial charge is 0.334 e. The fourth-order valence-corrected chi connectivity index (χ4v) is 6.59. The van der Waals surface area contributed by atoms with Crippen molar-refractivity contribution in [2.45, 2.75) is 31.0 Å². The van der Waals surface area contributed by atoms with Gasteiger partial charge in [0.2, 0.25) is 0 Å². The van der Waals surface area contributed by atoms with Crippen LogP contribution in [0.4, 0.5) is 37.7 Å². The lowest BCUT2D eigenvalue weighted by Gasteiger charge is -2.41. The van der Waals surface area contributed by atoms with Crippen LogP contribution in [0.25, 0.3) is 10.9 Å². The molecule has 1 aromatic heterocycles. The number of carbonyl (C=O) groups excluding carboxylic acids is 1. The Morgan fingerprint density at radius 1 is 0.811 bits per heavy atom. The Morgan fingerprint density at radius 2 is 1.53 bits per heavy atom. The van der Waals surface area contributed by atoms with Crippen molar-refractivity contribution in [1.82, 2.24) is 10.4 Å². The van der Waals surface area contributed by atoms with Crippen molar-refractivity contribution in [1.29, 1.82) is 0 Å². The van der Waals surface area contributed by atoms with Crippen molar-refractivity contribution in [2.75, 3.05) is 9.91 Å². The van der Waals surface area contributed by atoms with Gasteiger partial charge in [-0.05, 0) is 83.4 Å². The second-order valence-electron chi connectivity index (χ2n) is 12.5. The third-order valence-electron chi connectivity index (χ3n) is 9.08. The van der Waals surface area contributed by atoms with Crippen LogP contribution in [0.3, 0.4) is 0 Å². The highest BCUT2D eigenvalue weighted by molar-refractivity contribution is 6.05. The molecule has 0 fully saturated rings. The van der Waals surface area contributed by atoms with Crippen LogP contribution in [-0.2, 0) is 18.8 Å². The van der Waals surface area contributed by atoms with Gasteiger partial charge in [0.15, 0.2) is 0 Å². The minimum atomic E-state index is -4.67. The summed E-state index contributed by atoms with van der Waals surface area (Å²) in [6.07, 6.45) is 0.538. The number of halogens is 6. The summed E-state index contributed by atoms with van der Waals surface area (Å²) >= 11 is 0. The Morgan fingerprint density at radius 3 is 2.28 bits per heavy atom. The molecular formula is C41H31F6N5O. The van der Waals surface area contributed by atoms with Gasteiger partial charge in [-0.2, -0.15) is 26.3 Å². The molecule has 3 N–H and O–H groups in total. The summed E-state index contributed by atoms with van der Waals surface area (Å²) in [6.45, 7) is 0. The van der Waals surface area contributed by atoms with E-state index in [2.05, 4.69) is 10.4 Å². The van der Waals surface area contributed by atoms with Crippen LogP contribution in [0.15, 0.2) is 163 Å². The van der Waals surface area contributed by atoms with Crippen LogP contribution in [0.1, 0.15) is 27.0 Å². The first kappa shape index (κ1) is 35.4. The summed E-state index contributed by atoms with van der Waals surface area (Å²) in [5.74, 6) is -0.654. The summed E-state index contributed by atoms with van der Waals surface area (Å²) in [5, 5.41) is 1.88. The molecule has 7 rings (SSSR count). The van der Waals surface area contributed by atoms with Crippen LogP contribution in [-0.4, -0.2) is 23.1 Å². The first-order valence-electron chi connectivity index (χ1n) is 16.6. The zero-order valence-electron chi connectivity index (χ0n) is 27.8. The fourth-order valence-electron chi connectivity index (χ4n) is 6.59. The highest BCUT2D eigenvalue weighted by Crippen LogP contribution is 2.40. The Balaban J connectivity index is 1.28. The molecule has 2 aliphatic rings. The Kier molecular flexibility index (Phi) is 9.50. The number of amides is 1. The van der Waals surface area contributed by atoms with E-state index in [1.54, 1.807) is 42.6 Å². The number of anilines is 2. The van der Waals surface area contributed by atoms with Gasteiger partial charge in [0.05, 0.1) is 34.5 Å². The molecule has 2 heterocycles. The molecule has 1 aliphatic carbocycles. The Hall–Kier alpha value is -5.98. The van der Waals surface area contributed by atoms with Crippen molar-refractivity contribution in [3.63, 3.8) is 0 Å². The van der Waals surface area contributed by atoms with Gasteiger partial charge < -0.3 is 10.6 Å². The topological polar surface area (TPSA) is 74.5 Å². The largest absolute Gasteiger partial charge is 0.416 e. The number of hydrazine groups is 1. The molecule has 12 heteroatoms. The van der Waals surface area contributed by atoms with E-state index in [9.17, 15) is 31.1 Å². The van der Waals surface area contributed by atoms with Crippen molar-refractivity contribution in [3.8, 4) is 0 Å². The van der Waals surface area contributed by atoms with E-state index in [0.717, 1.165) is 45.7 Å². The quantitative estimate of drug-likeness (QED) is 0.0950. The molecule has 0 spiro atoms. The number of alkyl halides is 6. The second kappa shape index (κ2) is 14.2. The molecule has 4 aromatic carbocycles. The van der Waals surface area contributed by atoms with E-state index < -0.39 is 41.6 Å². The third kappa shape index (κ3) is 7.37. The Bertz CT molecular complexity index is 2290. The van der Waals surface area contributed by atoms with Crippen LogP contribution in [0.5, 0.6) is 0 Å². The van der Waals surface area contributed by atoms with Gasteiger partial charge >= 0.3 is 12.4 Å². The minimum absolute atomic E-state index is 0.0948. The standard InChI is InChI=1S/C41H31F6N5O/c42-40(43,44)28-12-5-14-30(24-28)51-31(23-27-11-4-18-36-33(27)17-8-22-49-36)20-21-34-35(16-7-19-37(34)51)38(48)50-52(39(53)26-9-2-1-3-10-26)32-15-6-13-29(25-32)41(45,46)47/h1-22,24-25,37-38,50H,23,48H2. The molecule has 0 bridgehead atoms. The van der Waals surface area contributed by atoms with E-state index in [4.69, 9.17) is 5.73 Å². The molecule has 2 unspecified atom stereocenters. The first-order valence-corrected chi connectivity index (χ1v) is 16.6. The van der Waals surface area contributed by atoms with Crippen LogP contribution < -0.4 is 21.1 Å². The van der Waals surface area contributed by atoms with Gasteiger partial charge in [0.1, 0.15) is 0 Å². The summed E-state index contributed by atoms with van der Waals surface area (Å²) in [4.78, 5) is 20.1. The number of nitrogens with one attached hydrogen (secondary N) is 1. The number of hydrogen-bond acceptors (Lipinski definition) is 5. The maximum atomic E-state index is 14.0. The SMILES string of the molecule is NC(NN(C(=O)c1ccccc1)c1cccc(C(F)(F)F)c1)C1=CC=CC2C1=CC=C(Cc1cccc3ncccc13)N2c1cccc(C(F)(F)F)c1. The molecule has 5 aromatic rings. The maximum absolute atomic E-state index is 14.0. The maximum Gasteiger partial charge on any atom is 0.416 e. The first-order chi connectivity index (χ1) is 25.4. The van der Waals surface area contributed by atoms with Gasteiger partial charge in [-0.1, -0.05) is 72.8 Å². The van der Waals surface area contributed by atoms with Crippen molar-refractivity contribution >= 4 is 28.2 Å². The average molecular weight is 724 g/mol. The van der Waals surface area contributed by atoms with Gasteiger partial charge in [0.25, 0.3) is 5.91 Å². The van der Waals surface area contributed by atoms with Crippen molar-refractivity contribution in [3.05, 3.63) is 185 Å². The van der Waals surface area contributed by atoms with E-state index in [-0.39, 0.29) is 16.9 Å². The van der Waals surface area contributed by atoms with Gasteiger partial charge in [-0.3, -0.25) is 9.78 Å². The van der Waals surface area contributed by atoms with E-state index in [1.807, 2.05) is 53.5 Å². The monoisotopic (exact) mass is 723 g/mol. The van der Waals surface area contributed by atoms with Crippen molar-refractivity contribution in [2.24, 2.45) is 5.73 Å². The number of benzene rings is 4. The summed E-state index contributed by atoms with van der Waals surface area (Å²) in [5.41, 5.74) is 11.8. The van der Waals surface area contributed by atoms with Gasteiger partial charge in [-0.15, -0.1) is 0 Å². The molecule has 0 saturated carbocycles. The number of nitrogens with two attached hydrogens (primary N) is 1. The highest BCUT2D eigenvalue weighted by atomic mass is 19.4. The van der Waals surface area contributed by atoms with Crippen LogP contribution in [0.2, 0.25) is 0 Å². The van der Waals surface area contributed by atoms with E-state index >= 15 is 0 Å². The lowest BCUT2D eigenvalue weighted by Crippen LogP contribution is -2.54. The molecule has 1 amide bonds. The molecular weight excluding hydrogens is 692 g/mol. The Labute approximate surface area is 300 Å². The zero-order valence-corrected chi connectivity index (χ0v) is 27.8. The fraction of sp³-hybridized carbons (Fsp3) is 0.122. The second-order valence-corrected chi connectivity index (χ2v) is 12.5. The number of nitrogens with zero attached hydrogens (tertiary/aromatic N) is 3. The number of allylic oxidation sites excluding steroid dienone is 5. The lowest BCUT2D eigenvalue weighted by atomic mass is 9.86. The van der Waals surface area contributed by atoms with Crippen LogP contribution >= 0.6 is 0 Å².